The standard InChI is InChI=1S/C11H17N3O/c1-3-14-5-4-12-10(11(14)15)13-9-6-8(2)7-9/h4-5,8-9H,3,6-7H2,1-2H3,(H,12,13). The zero-order valence-corrected chi connectivity index (χ0v) is 9.23. The van der Waals surface area contributed by atoms with Crippen LogP contribution < -0.4 is 10.9 Å². The van der Waals surface area contributed by atoms with Crippen molar-refractivity contribution in [1.29, 1.82) is 0 Å². The van der Waals surface area contributed by atoms with Gasteiger partial charge in [-0.25, -0.2) is 4.98 Å². The Kier molecular flexibility index (Phi) is 2.75. The lowest BCUT2D eigenvalue weighted by molar-refractivity contribution is 0.308. The smallest absolute Gasteiger partial charge is 0.293 e. The normalized spacial score (nSPS) is 24.7. The summed E-state index contributed by atoms with van der Waals surface area (Å²) < 4.78 is 1.66. The second-order valence-corrected chi connectivity index (χ2v) is 4.28. The molecule has 0 radical (unpaired) electrons. The first-order valence-electron chi connectivity index (χ1n) is 5.52. The van der Waals surface area contributed by atoms with E-state index in [0.717, 1.165) is 18.8 Å². The van der Waals surface area contributed by atoms with Gasteiger partial charge < -0.3 is 9.88 Å². The van der Waals surface area contributed by atoms with E-state index in [-0.39, 0.29) is 5.56 Å². The number of hydrogen-bond acceptors (Lipinski definition) is 3. The van der Waals surface area contributed by atoms with Crippen LogP contribution in [0, 0.1) is 5.92 Å². The Morgan fingerprint density at radius 1 is 1.60 bits per heavy atom. The van der Waals surface area contributed by atoms with Gasteiger partial charge in [-0.1, -0.05) is 6.92 Å². The summed E-state index contributed by atoms with van der Waals surface area (Å²) >= 11 is 0. The molecule has 1 aromatic rings. The number of hydrogen-bond donors (Lipinski definition) is 1. The SMILES string of the molecule is CCn1ccnc(NC2CC(C)C2)c1=O. The van der Waals surface area contributed by atoms with Gasteiger partial charge in [0.25, 0.3) is 5.56 Å². The Hall–Kier alpha value is -1.32. The molecular formula is C11H17N3O. The van der Waals surface area contributed by atoms with Gasteiger partial charge in [0.2, 0.25) is 0 Å². The van der Waals surface area contributed by atoms with Crippen LogP contribution in [-0.2, 0) is 6.54 Å². The Morgan fingerprint density at radius 2 is 2.33 bits per heavy atom. The molecule has 15 heavy (non-hydrogen) atoms. The van der Waals surface area contributed by atoms with Crippen LogP contribution in [0.25, 0.3) is 0 Å². The van der Waals surface area contributed by atoms with E-state index in [1.165, 1.54) is 0 Å². The summed E-state index contributed by atoms with van der Waals surface area (Å²) in [5.74, 6) is 1.27. The maximum absolute atomic E-state index is 11.8. The van der Waals surface area contributed by atoms with Gasteiger partial charge in [0.05, 0.1) is 0 Å². The molecule has 0 unspecified atom stereocenters. The van der Waals surface area contributed by atoms with Crippen LogP contribution in [-0.4, -0.2) is 15.6 Å². The predicted octanol–water partition coefficient (Wildman–Crippen LogP) is 1.47. The minimum Gasteiger partial charge on any atom is -0.363 e. The molecule has 1 N–H and O–H groups in total. The number of rotatable bonds is 3. The highest BCUT2D eigenvalue weighted by molar-refractivity contribution is 5.33. The zero-order chi connectivity index (χ0) is 10.8. The molecule has 0 bridgehead atoms. The molecule has 0 amide bonds. The highest BCUT2D eigenvalue weighted by atomic mass is 16.1. The molecule has 82 valence electrons. The second kappa shape index (κ2) is 4.04. The molecule has 4 nitrogen and oxygen atoms in total. The molecular weight excluding hydrogens is 190 g/mol. The fraction of sp³-hybridized carbons (Fsp3) is 0.636. The first kappa shape index (κ1) is 10.2. The summed E-state index contributed by atoms with van der Waals surface area (Å²) in [4.78, 5) is 15.9. The van der Waals surface area contributed by atoms with Crippen molar-refractivity contribution >= 4 is 5.82 Å². The summed E-state index contributed by atoms with van der Waals surface area (Å²) in [6, 6.07) is 0.438. The summed E-state index contributed by atoms with van der Waals surface area (Å²) in [6.07, 6.45) is 5.68. The topological polar surface area (TPSA) is 46.9 Å². The molecule has 1 aromatic heterocycles. The van der Waals surface area contributed by atoms with Crippen LogP contribution >= 0.6 is 0 Å². The molecule has 0 atom stereocenters. The van der Waals surface area contributed by atoms with Crippen LogP contribution in [0.3, 0.4) is 0 Å². The van der Waals surface area contributed by atoms with Crippen LogP contribution in [0.1, 0.15) is 26.7 Å². The lowest BCUT2D eigenvalue weighted by atomic mass is 9.82. The van der Waals surface area contributed by atoms with Gasteiger partial charge in [0.15, 0.2) is 5.82 Å². The molecule has 2 rings (SSSR count). The van der Waals surface area contributed by atoms with Crippen LogP contribution in [0.15, 0.2) is 17.2 Å². The number of anilines is 1. The van der Waals surface area contributed by atoms with E-state index in [2.05, 4.69) is 17.2 Å². The average molecular weight is 207 g/mol. The van der Waals surface area contributed by atoms with Crippen molar-refractivity contribution < 1.29 is 0 Å². The maximum Gasteiger partial charge on any atom is 0.293 e. The Morgan fingerprint density at radius 3 is 2.93 bits per heavy atom. The summed E-state index contributed by atoms with van der Waals surface area (Å²) in [5, 5.41) is 3.21. The number of aromatic nitrogens is 2. The first-order valence-corrected chi connectivity index (χ1v) is 5.52. The van der Waals surface area contributed by atoms with Crippen molar-refractivity contribution in [3.63, 3.8) is 0 Å². The number of nitrogens with zero attached hydrogens (tertiary/aromatic N) is 2. The molecule has 1 aliphatic carbocycles. The van der Waals surface area contributed by atoms with Gasteiger partial charge in [0.1, 0.15) is 0 Å². The van der Waals surface area contributed by atoms with Crippen molar-refractivity contribution in [3.8, 4) is 0 Å². The summed E-state index contributed by atoms with van der Waals surface area (Å²) in [7, 11) is 0. The molecule has 1 heterocycles. The van der Waals surface area contributed by atoms with E-state index in [9.17, 15) is 4.79 Å². The van der Waals surface area contributed by atoms with Crippen molar-refractivity contribution in [2.24, 2.45) is 5.92 Å². The minimum atomic E-state index is -0.0143. The Balaban J connectivity index is 2.11. The maximum atomic E-state index is 11.8. The Bertz CT molecular complexity index is 393. The fourth-order valence-corrected chi connectivity index (χ4v) is 2.01. The van der Waals surface area contributed by atoms with E-state index < -0.39 is 0 Å². The molecule has 0 spiro atoms. The third-order valence-electron chi connectivity index (χ3n) is 2.97. The average Bonchev–Trinajstić information content (AvgIpc) is 2.18. The van der Waals surface area contributed by atoms with Gasteiger partial charge in [-0.05, 0) is 25.7 Å². The van der Waals surface area contributed by atoms with E-state index >= 15 is 0 Å². The van der Waals surface area contributed by atoms with Crippen molar-refractivity contribution in [2.75, 3.05) is 5.32 Å². The van der Waals surface area contributed by atoms with Gasteiger partial charge in [-0.3, -0.25) is 4.79 Å². The third-order valence-corrected chi connectivity index (χ3v) is 2.97. The van der Waals surface area contributed by atoms with Gasteiger partial charge in [-0.2, -0.15) is 0 Å². The largest absolute Gasteiger partial charge is 0.363 e. The van der Waals surface area contributed by atoms with Crippen molar-refractivity contribution in [2.45, 2.75) is 39.3 Å². The minimum absolute atomic E-state index is 0.0143. The van der Waals surface area contributed by atoms with Crippen LogP contribution in [0.4, 0.5) is 5.82 Å². The predicted molar refractivity (Wildman–Crippen MR) is 60.0 cm³/mol. The highest BCUT2D eigenvalue weighted by Gasteiger charge is 2.26. The molecule has 1 saturated carbocycles. The lowest BCUT2D eigenvalue weighted by Gasteiger charge is -2.33. The lowest BCUT2D eigenvalue weighted by Crippen LogP contribution is -2.37. The third kappa shape index (κ3) is 2.03. The second-order valence-electron chi connectivity index (χ2n) is 4.28. The van der Waals surface area contributed by atoms with Crippen molar-refractivity contribution in [3.05, 3.63) is 22.7 Å². The first-order chi connectivity index (χ1) is 7.20. The number of aryl methyl sites for hydroxylation is 1. The quantitative estimate of drug-likeness (QED) is 0.816. The van der Waals surface area contributed by atoms with Crippen LogP contribution in [0.2, 0.25) is 0 Å². The number of nitrogens with one attached hydrogen (secondary N) is 1. The van der Waals surface area contributed by atoms with Crippen molar-refractivity contribution in [1.82, 2.24) is 9.55 Å². The van der Waals surface area contributed by atoms with Gasteiger partial charge in [0, 0.05) is 25.0 Å². The molecule has 4 heteroatoms. The van der Waals surface area contributed by atoms with E-state index in [1.54, 1.807) is 17.0 Å². The fourth-order valence-electron chi connectivity index (χ4n) is 2.01. The van der Waals surface area contributed by atoms with Gasteiger partial charge in [-0.15, -0.1) is 0 Å². The molecule has 0 aliphatic heterocycles. The molecule has 0 aromatic carbocycles. The highest BCUT2D eigenvalue weighted by Crippen LogP contribution is 2.28. The summed E-state index contributed by atoms with van der Waals surface area (Å²) in [5.41, 5.74) is -0.0143. The van der Waals surface area contributed by atoms with Gasteiger partial charge >= 0.3 is 0 Å². The molecule has 1 fully saturated rings. The van der Waals surface area contributed by atoms with Crippen LogP contribution in [0.5, 0.6) is 0 Å². The van der Waals surface area contributed by atoms with E-state index in [1.807, 2.05) is 6.92 Å². The zero-order valence-electron chi connectivity index (χ0n) is 9.23. The Labute approximate surface area is 89.3 Å². The summed E-state index contributed by atoms with van der Waals surface area (Å²) in [6.45, 7) is 4.87. The van der Waals surface area contributed by atoms with E-state index in [0.29, 0.717) is 18.4 Å². The van der Waals surface area contributed by atoms with E-state index in [4.69, 9.17) is 0 Å². The molecule has 0 saturated heterocycles. The molecule has 1 aliphatic rings. The monoisotopic (exact) mass is 207 g/mol.